The van der Waals surface area contributed by atoms with Crippen molar-refractivity contribution in [3.63, 3.8) is 0 Å². The summed E-state index contributed by atoms with van der Waals surface area (Å²) in [4.78, 5) is 0. The van der Waals surface area contributed by atoms with Crippen LogP contribution in [0.1, 0.15) is 6.92 Å². The second-order valence-corrected chi connectivity index (χ2v) is 3.70. The lowest BCUT2D eigenvalue weighted by molar-refractivity contribution is 0.344. The van der Waals surface area contributed by atoms with Crippen LogP contribution in [0.15, 0.2) is 42.1 Å². The summed E-state index contributed by atoms with van der Waals surface area (Å²) in [6.45, 7) is 3.46. The normalized spacial score (nSPS) is 11.4. The first-order chi connectivity index (χ1) is 7.86. The van der Waals surface area contributed by atoms with E-state index in [1.807, 2.05) is 31.3 Å². The van der Waals surface area contributed by atoms with E-state index < -0.39 is 0 Å². The largest absolute Gasteiger partial charge is 0.493 e. The molecule has 0 unspecified atom stereocenters. The van der Waals surface area contributed by atoms with Crippen molar-refractivity contribution in [3.05, 3.63) is 42.1 Å². The first kappa shape index (κ1) is 11.1. The van der Waals surface area contributed by atoms with Gasteiger partial charge in [0, 0.05) is 23.7 Å². The van der Waals surface area contributed by atoms with Crippen LogP contribution in [0.2, 0.25) is 0 Å². The Morgan fingerprint density at radius 2 is 2.25 bits per heavy atom. The number of nitrogens with zero attached hydrogens (tertiary/aromatic N) is 1. The van der Waals surface area contributed by atoms with Crippen molar-refractivity contribution >= 4 is 22.5 Å². The van der Waals surface area contributed by atoms with Gasteiger partial charge in [-0.2, -0.15) is 0 Å². The fourth-order valence-corrected chi connectivity index (χ4v) is 1.87. The predicted octanol–water partition coefficient (Wildman–Crippen LogP) is 3.79. The summed E-state index contributed by atoms with van der Waals surface area (Å²) in [6, 6.07) is 8.16. The lowest BCUT2D eigenvalue weighted by Crippen LogP contribution is -1.94. The lowest BCUT2D eigenvalue weighted by atomic mass is 10.2. The summed E-state index contributed by atoms with van der Waals surface area (Å²) in [5, 5.41) is 1.15. The number of hydrogen-bond acceptors (Lipinski definition) is 1. The molecule has 1 heterocycles. The smallest absolute Gasteiger partial charge is 0.128 e. The number of rotatable bonds is 4. The minimum atomic E-state index is 0.686. The van der Waals surface area contributed by atoms with Gasteiger partial charge < -0.3 is 9.30 Å². The summed E-state index contributed by atoms with van der Waals surface area (Å²) in [6.07, 6.45) is 3.96. The van der Waals surface area contributed by atoms with Crippen LogP contribution in [-0.4, -0.2) is 11.2 Å². The van der Waals surface area contributed by atoms with Gasteiger partial charge in [-0.3, -0.25) is 0 Å². The fraction of sp³-hybridized carbons (Fsp3) is 0.231. The van der Waals surface area contributed by atoms with Gasteiger partial charge in [-0.1, -0.05) is 23.7 Å². The molecule has 16 heavy (non-hydrogen) atoms. The van der Waals surface area contributed by atoms with E-state index in [1.165, 1.54) is 11.1 Å². The molecule has 0 saturated heterocycles. The van der Waals surface area contributed by atoms with Gasteiger partial charge in [0.2, 0.25) is 0 Å². The van der Waals surface area contributed by atoms with E-state index in [2.05, 4.69) is 16.7 Å². The van der Waals surface area contributed by atoms with Crippen molar-refractivity contribution in [2.75, 3.05) is 6.61 Å². The molecule has 1 aromatic heterocycles. The van der Waals surface area contributed by atoms with Gasteiger partial charge in [0.1, 0.15) is 5.75 Å². The maximum atomic E-state index is 5.58. The molecule has 0 atom stereocenters. The molecule has 0 aliphatic carbocycles. The topological polar surface area (TPSA) is 14.2 Å². The average molecular weight is 236 g/mol. The molecule has 0 radical (unpaired) electrons. The van der Waals surface area contributed by atoms with Crippen molar-refractivity contribution in [2.24, 2.45) is 0 Å². The molecule has 1 aromatic carbocycles. The van der Waals surface area contributed by atoms with Crippen LogP contribution < -0.4 is 4.74 Å². The molecular weight excluding hydrogens is 222 g/mol. The Labute approximate surface area is 100 Å². The Hall–Kier alpha value is -1.41. The van der Waals surface area contributed by atoms with Crippen molar-refractivity contribution in [3.8, 4) is 5.75 Å². The molecule has 84 valence electrons. The molecule has 0 aliphatic heterocycles. The number of ether oxygens (including phenoxy) is 1. The van der Waals surface area contributed by atoms with Crippen LogP contribution in [0.4, 0.5) is 0 Å². The van der Waals surface area contributed by atoms with E-state index in [1.54, 1.807) is 0 Å². The van der Waals surface area contributed by atoms with Gasteiger partial charge in [0.05, 0.1) is 12.1 Å². The highest BCUT2D eigenvalue weighted by molar-refractivity contribution is 6.25. The van der Waals surface area contributed by atoms with Crippen LogP contribution in [0.25, 0.3) is 10.9 Å². The van der Waals surface area contributed by atoms with Gasteiger partial charge in [0.15, 0.2) is 0 Å². The maximum Gasteiger partial charge on any atom is 0.128 e. The predicted molar refractivity (Wildman–Crippen MR) is 68.1 cm³/mol. The van der Waals surface area contributed by atoms with E-state index in [4.69, 9.17) is 16.3 Å². The summed E-state index contributed by atoms with van der Waals surface area (Å²) in [7, 11) is 0. The molecule has 2 rings (SSSR count). The molecule has 0 fully saturated rings. The van der Waals surface area contributed by atoms with Crippen molar-refractivity contribution in [1.82, 2.24) is 4.57 Å². The van der Waals surface area contributed by atoms with Crippen LogP contribution in [0.5, 0.6) is 5.75 Å². The van der Waals surface area contributed by atoms with Gasteiger partial charge in [-0.25, -0.2) is 0 Å². The first-order valence-corrected chi connectivity index (χ1v) is 5.76. The number of halogens is 1. The Morgan fingerprint density at radius 1 is 1.38 bits per heavy atom. The van der Waals surface area contributed by atoms with Crippen LogP contribution >= 0.6 is 11.6 Å². The fourth-order valence-electron chi connectivity index (χ4n) is 1.79. The molecule has 2 aromatic rings. The van der Waals surface area contributed by atoms with Gasteiger partial charge in [-0.15, -0.1) is 0 Å². The second kappa shape index (κ2) is 5.08. The monoisotopic (exact) mass is 235 g/mol. The summed E-state index contributed by atoms with van der Waals surface area (Å²) in [5.74, 6) is 0.939. The van der Waals surface area contributed by atoms with Crippen molar-refractivity contribution < 1.29 is 4.74 Å². The summed E-state index contributed by atoms with van der Waals surface area (Å²) >= 11 is 5.53. The van der Waals surface area contributed by atoms with Gasteiger partial charge in [0.25, 0.3) is 0 Å². The third kappa shape index (κ3) is 2.07. The Kier molecular flexibility index (Phi) is 3.52. The van der Waals surface area contributed by atoms with E-state index in [-0.39, 0.29) is 0 Å². The Balaban J connectivity index is 2.44. The average Bonchev–Trinajstić information content (AvgIpc) is 2.71. The third-order valence-corrected chi connectivity index (χ3v) is 2.64. The standard InChI is InChI=1S/C13H14ClNO/c1-2-16-13-6-3-5-12-11(13)7-10-15(12)9-4-8-14/h3-8,10H,2,9H2,1H3/b8-4+. The maximum absolute atomic E-state index is 5.58. The Bertz CT molecular complexity index is 502. The van der Waals surface area contributed by atoms with Crippen molar-refractivity contribution in [2.45, 2.75) is 13.5 Å². The summed E-state index contributed by atoms with van der Waals surface area (Å²) < 4.78 is 7.72. The number of hydrogen-bond donors (Lipinski definition) is 0. The molecular formula is C13H14ClNO. The minimum absolute atomic E-state index is 0.686. The molecule has 0 saturated carbocycles. The molecule has 2 nitrogen and oxygen atoms in total. The lowest BCUT2D eigenvalue weighted by Gasteiger charge is -2.05. The zero-order chi connectivity index (χ0) is 11.4. The zero-order valence-corrected chi connectivity index (χ0v) is 9.95. The second-order valence-electron chi connectivity index (χ2n) is 3.45. The SMILES string of the molecule is CCOc1cccc2c1ccn2C/C=C/Cl. The number of aromatic nitrogens is 1. The molecule has 0 N–H and O–H groups in total. The molecule has 0 bridgehead atoms. The van der Waals surface area contributed by atoms with E-state index in [9.17, 15) is 0 Å². The highest BCUT2D eigenvalue weighted by Crippen LogP contribution is 2.26. The van der Waals surface area contributed by atoms with E-state index >= 15 is 0 Å². The number of fused-ring (bicyclic) bond motifs is 1. The van der Waals surface area contributed by atoms with E-state index in [0.29, 0.717) is 6.61 Å². The third-order valence-electron chi connectivity index (χ3n) is 2.46. The quantitative estimate of drug-likeness (QED) is 0.787. The number of allylic oxidation sites excluding steroid dienone is 1. The summed E-state index contributed by atoms with van der Waals surface area (Å²) in [5.41, 5.74) is 2.71. The number of benzene rings is 1. The van der Waals surface area contributed by atoms with Gasteiger partial charge in [-0.05, 0) is 25.1 Å². The Morgan fingerprint density at radius 3 is 3.00 bits per heavy atom. The zero-order valence-electron chi connectivity index (χ0n) is 9.19. The molecule has 0 amide bonds. The first-order valence-electron chi connectivity index (χ1n) is 5.32. The molecule has 0 spiro atoms. The van der Waals surface area contributed by atoms with Crippen LogP contribution in [0.3, 0.4) is 0 Å². The van der Waals surface area contributed by atoms with Crippen LogP contribution in [-0.2, 0) is 6.54 Å². The molecule has 0 aliphatic rings. The van der Waals surface area contributed by atoms with Crippen LogP contribution in [0, 0.1) is 0 Å². The minimum Gasteiger partial charge on any atom is -0.493 e. The highest BCUT2D eigenvalue weighted by Gasteiger charge is 2.04. The molecule has 3 heteroatoms. The van der Waals surface area contributed by atoms with E-state index in [0.717, 1.165) is 17.7 Å². The van der Waals surface area contributed by atoms with Crippen molar-refractivity contribution in [1.29, 1.82) is 0 Å². The highest BCUT2D eigenvalue weighted by atomic mass is 35.5. The van der Waals surface area contributed by atoms with Gasteiger partial charge >= 0.3 is 0 Å².